The second kappa shape index (κ2) is 9.80. The van der Waals surface area contributed by atoms with Crippen molar-refractivity contribution in [3.8, 4) is 0 Å². The number of anilines is 1. The van der Waals surface area contributed by atoms with E-state index in [1.54, 1.807) is 4.90 Å². The average Bonchev–Trinajstić information content (AvgIpc) is 3.28. The molecule has 2 saturated carbocycles. The van der Waals surface area contributed by atoms with E-state index in [9.17, 15) is 19.8 Å². The number of hydrogen-bond acceptors (Lipinski definition) is 5. The van der Waals surface area contributed by atoms with Crippen molar-refractivity contribution in [2.45, 2.75) is 95.7 Å². The maximum atomic E-state index is 12.6. The van der Waals surface area contributed by atoms with Gasteiger partial charge in [-0.2, -0.15) is 0 Å². The van der Waals surface area contributed by atoms with Gasteiger partial charge in [0.2, 0.25) is 0 Å². The normalized spacial score (nSPS) is 26.4. The molecule has 2 aromatic rings. The first-order chi connectivity index (χ1) is 16.9. The number of carboxylic acid groups (broad SMARTS) is 1. The van der Waals surface area contributed by atoms with E-state index >= 15 is 0 Å². The first kappa shape index (κ1) is 24.1. The van der Waals surface area contributed by atoms with Crippen LogP contribution in [0.5, 0.6) is 0 Å². The lowest BCUT2D eigenvalue weighted by molar-refractivity contribution is -0.143. The van der Waals surface area contributed by atoms with Crippen LogP contribution in [0.15, 0.2) is 12.1 Å². The van der Waals surface area contributed by atoms with Crippen LogP contribution in [0.1, 0.15) is 94.7 Å². The van der Waals surface area contributed by atoms with Crippen molar-refractivity contribution in [3.63, 3.8) is 0 Å². The molecule has 0 spiro atoms. The van der Waals surface area contributed by atoms with E-state index < -0.39 is 12.1 Å². The van der Waals surface area contributed by atoms with E-state index in [0.717, 1.165) is 73.7 Å². The summed E-state index contributed by atoms with van der Waals surface area (Å²) < 4.78 is 7.23. The zero-order chi connectivity index (χ0) is 24.7. The number of aliphatic carboxylic acids is 1. The third-order valence-corrected chi connectivity index (χ3v) is 8.57. The highest BCUT2D eigenvalue weighted by atomic mass is 16.5. The van der Waals surface area contributed by atoms with Crippen LogP contribution >= 0.6 is 0 Å². The van der Waals surface area contributed by atoms with E-state index in [-0.39, 0.29) is 30.0 Å². The summed E-state index contributed by atoms with van der Waals surface area (Å²) in [6.45, 7) is 2.02. The predicted molar refractivity (Wildman–Crippen MR) is 133 cm³/mol. The molecule has 2 heterocycles. The minimum Gasteiger partial charge on any atom is -0.481 e. The number of fused-ring (bicyclic) bond motifs is 3. The fourth-order valence-corrected chi connectivity index (χ4v) is 6.67. The van der Waals surface area contributed by atoms with Crippen LogP contribution < -0.4 is 4.90 Å². The van der Waals surface area contributed by atoms with Gasteiger partial charge in [0.05, 0.1) is 29.7 Å². The van der Waals surface area contributed by atoms with Crippen molar-refractivity contribution >= 4 is 28.8 Å². The fraction of sp³-hybridized carbons (Fsp3) is 0.667. The number of methoxy groups -OCH3 is 1. The fourth-order valence-electron chi connectivity index (χ4n) is 6.67. The lowest BCUT2D eigenvalue weighted by Crippen LogP contribution is -2.42. The van der Waals surface area contributed by atoms with Crippen LogP contribution in [0.2, 0.25) is 0 Å². The third kappa shape index (κ3) is 4.30. The molecule has 0 saturated heterocycles. The molecule has 5 rings (SSSR count). The van der Waals surface area contributed by atoms with Gasteiger partial charge in [0.15, 0.2) is 0 Å². The summed E-state index contributed by atoms with van der Waals surface area (Å²) in [4.78, 5) is 31.2. The maximum Gasteiger partial charge on any atom is 0.414 e. The number of amides is 1. The topological polar surface area (TPSA) is 105 Å². The largest absolute Gasteiger partial charge is 0.481 e. The first-order valence-corrected chi connectivity index (χ1v) is 13.2. The molecule has 4 atom stereocenters. The molecule has 1 aliphatic heterocycles. The predicted octanol–water partition coefficient (Wildman–Crippen LogP) is 5.37. The van der Waals surface area contributed by atoms with E-state index in [4.69, 9.17) is 9.72 Å². The van der Waals surface area contributed by atoms with Gasteiger partial charge in [0, 0.05) is 17.6 Å². The molecule has 8 heteroatoms. The second-order valence-electron chi connectivity index (χ2n) is 10.7. The third-order valence-electron chi connectivity index (χ3n) is 8.57. The number of ether oxygens (including phenoxy) is 1. The molecule has 1 aromatic carbocycles. The van der Waals surface area contributed by atoms with Crippen LogP contribution in [0.25, 0.3) is 11.0 Å². The number of rotatable bonds is 4. The molecule has 1 aromatic heterocycles. The number of carboxylic acids is 1. The van der Waals surface area contributed by atoms with Gasteiger partial charge in [0.25, 0.3) is 0 Å². The zero-order valence-corrected chi connectivity index (χ0v) is 20.8. The molecule has 1 amide bonds. The van der Waals surface area contributed by atoms with E-state index in [1.807, 2.05) is 19.1 Å². The maximum absolute atomic E-state index is 12.6. The molecule has 0 radical (unpaired) electrons. The Hall–Kier alpha value is -2.61. The number of aryl methyl sites for hydroxylation is 1. The SMILES string of the molecule is COC(=O)N1c2ccc3c(nc(C(O)C4CCCCC4)n3C3CCCC(C(=O)O)C3)c2CC[C@@H]1C. The Labute approximate surface area is 206 Å². The summed E-state index contributed by atoms with van der Waals surface area (Å²) in [5, 5.41) is 21.3. The van der Waals surface area contributed by atoms with Gasteiger partial charge in [-0.05, 0) is 69.9 Å². The van der Waals surface area contributed by atoms with Crippen LogP contribution in [-0.2, 0) is 16.0 Å². The van der Waals surface area contributed by atoms with Gasteiger partial charge in [-0.15, -0.1) is 0 Å². The van der Waals surface area contributed by atoms with Gasteiger partial charge in [-0.25, -0.2) is 9.78 Å². The summed E-state index contributed by atoms with van der Waals surface area (Å²) in [6.07, 6.45) is 8.92. The minimum atomic E-state index is -0.742. The summed E-state index contributed by atoms with van der Waals surface area (Å²) >= 11 is 0. The Balaban J connectivity index is 1.64. The molecule has 2 fully saturated rings. The summed E-state index contributed by atoms with van der Waals surface area (Å²) in [5.41, 5.74) is 3.58. The van der Waals surface area contributed by atoms with Crippen LogP contribution in [0, 0.1) is 11.8 Å². The number of benzene rings is 1. The van der Waals surface area contributed by atoms with Crippen LogP contribution in [0.3, 0.4) is 0 Å². The van der Waals surface area contributed by atoms with Crippen LogP contribution in [0.4, 0.5) is 10.5 Å². The first-order valence-electron chi connectivity index (χ1n) is 13.2. The van der Waals surface area contributed by atoms with Crippen molar-refractivity contribution < 1.29 is 24.5 Å². The van der Waals surface area contributed by atoms with E-state index in [0.29, 0.717) is 18.7 Å². The minimum absolute atomic E-state index is 0.0136. The Morgan fingerprint density at radius 1 is 1.09 bits per heavy atom. The number of carbonyl (C=O) groups is 2. The monoisotopic (exact) mass is 483 g/mol. The van der Waals surface area contributed by atoms with Crippen molar-refractivity contribution in [3.05, 3.63) is 23.5 Å². The van der Waals surface area contributed by atoms with Gasteiger partial charge < -0.3 is 19.5 Å². The second-order valence-corrected chi connectivity index (χ2v) is 10.7. The highest BCUT2D eigenvalue weighted by molar-refractivity contribution is 5.95. The van der Waals surface area contributed by atoms with Gasteiger partial charge in [0.1, 0.15) is 11.9 Å². The number of aliphatic hydroxyl groups is 1. The zero-order valence-electron chi connectivity index (χ0n) is 20.8. The smallest absolute Gasteiger partial charge is 0.414 e. The Morgan fingerprint density at radius 3 is 2.57 bits per heavy atom. The quantitative estimate of drug-likeness (QED) is 0.605. The molecule has 35 heavy (non-hydrogen) atoms. The Bertz CT molecular complexity index is 1110. The van der Waals surface area contributed by atoms with E-state index in [2.05, 4.69) is 4.57 Å². The van der Waals surface area contributed by atoms with Crippen molar-refractivity contribution in [2.75, 3.05) is 12.0 Å². The molecule has 0 bridgehead atoms. The Kier molecular flexibility index (Phi) is 6.75. The number of hydrogen-bond donors (Lipinski definition) is 2. The number of nitrogens with zero attached hydrogens (tertiary/aromatic N) is 3. The molecule has 3 aliphatic rings. The molecule has 3 unspecified atom stereocenters. The summed E-state index contributed by atoms with van der Waals surface area (Å²) in [6, 6.07) is 3.98. The lowest BCUT2D eigenvalue weighted by Gasteiger charge is -2.34. The number of imidazole rings is 1. The summed E-state index contributed by atoms with van der Waals surface area (Å²) in [5.74, 6) is -0.284. The van der Waals surface area contributed by atoms with Crippen molar-refractivity contribution in [1.29, 1.82) is 0 Å². The molecular formula is C27H37N3O5. The highest BCUT2D eigenvalue weighted by Gasteiger charge is 2.36. The summed E-state index contributed by atoms with van der Waals surface area (Å²) in [7, 11) is 1.40. The molecule has 8 nitrogen and oxygen atoms in total. The number of aliphatic hydroxyl groups excluding tert-OH is 1. The molecule has 190 valence electrons. The van der Waals surface area contributed by atoms with Gasteiger partial charge in [-0.3, -0.25) is 9.69 Å². The average molecular weight is 484 g/mol. The van der Waals surface area contributed by atoms with Crippen LogP contribution in [-0.4, -0.2) is 45.0 Å². The molecular weight excluding hydrogens is 446 g/mol. The standard InChI is InChI=1S/C27H37N3O5/c1-16-11-12-20-21(29(16)27(34)35-2)13-14-22-23(20)28-25(24(31)17-7-4-3-5-8-17)30(22)19-10-6-9-18(15-19)26(32)33/h13-14,16-19,24,31H,3-12,15H2,1-2H3,(H,32,33)/t16-,18?,19?,24?/m0/s1. The Morgan fingerprint density at radius 2 is 1.86 bits per heavy atom. The van der Waals surface area contributed by atoms with Gasteiger partial charge in [-0.1, -0.05) is 25.7 Å². The molecule has 2 N–H and O–H groups in total. The molecule has 2 aliphatic carbocycles. The lowest BCUT2D eigenvalue weighted by atomic mass is 9.83. The number of carbonyl (C=O) groups excluding carboxylic acids is 1. The van der Waals surface area contributed by atoms with Crippen molar-refractivity contribution in [2.24, 2.45) is 11.8 Å². The van der Waals surface area contributed by atoms with E-state index in [1.165, 1.54) is 13.5 Å². The van der Waals surface area contributed by atoms with Crippen molar-refractivity contribution in [1.82, 2.24) is 9.55 Å². The number of aromatic nitrogens is 2. The van der Waals surface area contributed by atoms with Gasteiger partial charge >= 0.3 is 12.1 Å². The highest BCUT2D eigenvalue weighted by Crippen LogP contribution is 2.43.